The van der Waals surface area contributed by atoms with Gasteiger partial charge in [0.1, 0.15) is 0 Å². The Morgan fingerprint density at radius 3 is 2.29 bits per heavy atom. The highest BCUT2D eigenvalue weighted by atomic mass is 32.2. The zero-order chi connectivity index (χ0) is 24.3. The van der Waals surface area contributed by atoms with Crippen LogP contribution in [0.5, 0.6) is 0 Å². The van der Waals surface area contributed by atoms with Crippen LogP contribution in [0, 0.1) is 0 Å². The fourth-order valence-electron chi connectivity index (χ4n) is 4.47. The average Bonchev–Trinajstić information content (AvgIpc) is 3.24. The normalized spacial score (nSPS) is 17.1. The van der Waals surface area contributed by atoms with Gasteiger partial charge >= 0.3 is 0 Å². The van der Waals surface area contributed by atoms with Crippen LogP contribution in [0.4, 0.5) is 11.4 Å². The highest BCUT2D eigenvalue weighted by Crippen LogP contribution is 2.30. The Balaban J connectivity index is 1.53. The lowest BCUT2D eigenvalue weighted by atomic mass is 10.1. The SMILES string of the molecule is CN(C)c1ccc(S(=O)(=O)N2CCCCC2)cc1NC(=O)c1ccc(CN2CCCC2=O)cc1. The summed E-state index contributed by atoms with van der Waals surface area (Å²) in [6, 6.07) is 12.0. The average molecular weight is 485 g/mol. The van der Waals surface area contributed by atoms with Gasteiger partial charge in [-0.3, -0.25) is 9.59 Å². The summed E-state index contributed by atoms with van der Waals surface area (Å²) in [5.74, 6) is -0.156. The molecule has 0 bridgehead atoms. The highest BCUT2D eigenvalue weighted by Gasteiger charge is 2.27. The van der Waals surface area contributed by atoms with E-state index in [4.69, 9.17) is 0 Å². The molecule has 0 aromatic heterocycles. The van der Waals surface area contributed by atoms with Crippen LogP contribution in [0.15, 0.2) is 47.4 Å². The lowest BCUT2D eigenvalue weighted by Gasteiger charge is -2.26. The van der Waals surface area contributed by atoms with E-state index in [1.54, 1.807) is 30.3 Å². The molecule has 0 unspecified atom stereocenters. The van der Waals surface area contributed by atoms with E-state index in [1.165, 1.54) is 4.31 Å². The minimum absolute atomic E-state index is 0.164. The zero-order valence-electron chi connectivity index (χ0n) is 19.8. The first-order valence-corrected chi connectivity index (χ1v) is 13.2. The molecule has 0 saturated carbocycles. The first-order chi connectivity index (χ1) is 16.3. The largest absolute Gasteiger partial charge is 0.376 e. The lowest BCUT2D eigenvalue weighted by molar-refractivity contribution is -0.128. The second-order valence-electron chi connectivity index (χ2n) is 9.11. The molecule has 2 aliphatic heterocycles. The van der Waals surface area contributed by atoms with E-state index < -0.39 is 10.0 Å². The standard InChI is InChI=1S/C25H32N4O4S/c1-27(2)23-13-12-21(34(32,33)29-15-4-3-5-16-29)17-22(23)26-25(31)20-10-8-19(9-11-20)18-28-14-6-7-24(28)30/h8-13,17H,3-7,14-16,18H2,1-2H3,(H,26,31). The van der Waals surface area contributed by atoms with Crippen molar-refractivity contribution >= 4 is 33.2 Å². The minimum Gasteiger partial charge on any atom is -0.376 e. The van der Waals surface area contributed by atoms with Crippen molar-refractivity contribution in [1.82, 2.24) is 9.21 Å². The van der Waals surface area contributed by atoms with Gasteiger partial charge in [0.25, 0.3) is 5.91 Å². The van der Waals surface area contributed by atoms with Crippen molar-refractivity contribution in [3.05, 3.63) is 53.6 Å². The van der Waals surface area contributed by atoms with E-state index in [2.05, 4.69) is 5.32 Å². The van der Waals surface area contributed by atoms with Crippen LogP contribution in [0.3, 0.4) is 0 Å². The molecule has 2 aromatic carbocycles. The van der Waals surface area contributed by atoms with Crippen molar-refractivity contribution in [2.75, 3.05) is 43.9 Å². The van der Waals surface area contributed by atoms with Crippen LogP contribution in [0.25, 0.3) is 0 Å². The molecule has 182 valence electrons. The van der Waals surface area contributed by atoms with E-state index in [1.807, 2.05) is 36.0 Å². The molecule has 34 heavy (non-hydrogen) atoms. The summed E-state index contributed by atoms with van der Waals surface area (Å²) in [5, 5.41) is 2.90. The Hall–Kier alpha value is -2.91. The predicted octanol–water partition coefficient (Wildman–Crippen LogP) is 3.30. The van der Waals surface area contributed by atoms with Gasteiger partial charge in [-0.2, -0.15) is 4.31 Å². The molecule has 0 atom stereocenters. The molecule has 2 amide bonds. The minimum atomic E-state index is -3.62. The number of carbonyl (C=O) groups excluding carboxylic acids is 2. The first-order valence-electron chi connectivity index (χ1n) is 11.8. The fourth-order valence-corrected chi connectivity index (χ4v) is 6.01. The number of benzene rings is 2. The van der Waals surface area contributed by atoms with Gasteiger partial charge in [0.05, 0.1) is 16.3 Å². The van der Waals surface area contributed by atoms with Crippen molar-refractivity contribution in [3.63, 3.8) is 0 Å². The predicted molar refractivity (Wildman–Crippen MR) is 132 cm³/mol. The van der Waals surface area contributed by atoms with Gasteiger partial charge in [-0.15, -0.1) is 0 Å². The maximum Gasteiger partial charge on any atom is 0.255 e. The molecule has 0 aliphatic carbocycles. The van der Waals surface area contributed by atoms with E-state index in [9.17, 15) is 18.0 Å². The van der Waals surface area contributed by atoms with E-state index >= 15 is 0 Å². The molecule has 1 N–H and O–H groups in total. The Morgan fingerprint density at radius 2 is 1.68 bits per heavy atom. The van der Waals surface area contributed by atoms with Gasteiger partial charge in [-0.25, -0.2) is 8.42 Å². The summed E-state index contributed by atoms with van der Waals surface area (Å²) in [5.41, 5.74) is 2.59. The number of hydrogen-bond acceptors (Lipinski definition) is 5. The van der Waals surface area contributed by atoms with E-state index in [0.29, 0.717) is 37.3 Å². The van der Waals surface area contributed by atoms with Crippen LogP contribution in [0.1, 0.15) is 48.0 Å². The second-order valence-corrected chi connectivity index (χ2v) is 11.0. The summed E-state index contributed by atoms with van der Waals surface area (Å²) in [7, 11) is 0.0732. The Labute approximate surface area is 201 Å². The van der Waals surface area contributed by atoms with Gasteiger partial charge in [0, 0.05) is 52.3 Å². The maximum absolute atomic E-state index is 13.2. The van der Waals surface area contributed by atoms with Crippen LogP contribution >= 0.6 is 0 Å². The van der Waals surface area contributed by atoms with Gasteiger partial charge in [-0.1, -0.05) is 18.6 Å². The van der Waals surface area contributed by atoms with Gasteiger partial charge in [0.2, 0.25) is 15.9 Å². The van der Waals surface area contributed by atoms with E-state index in [-0.39, 0.29) is 16.7 Å². The third-order valence-corrected chi connectivity index (χ3v) is 8.31. The molecule has 2 fully saturated rings. The smallest absolute Gasteiger partial charge is 0.255 e. The molecule has 2 aliphatic rings. The van der Waals surface area contributed by atoms with Crippen LogP contribution in [-0.2, 0) is 21.4 Å². The molecule has 2 heterocycles. The number of sulfonamides is 1. The topological polar surface area (TPSA) is 90.0 Å². The lowest BCUT2D eigenvalue weighted by Crippen LogP contribution is -2.35. The molecular formula is C25H32N4O4S. The van der Waals surface area contributed by atoms with Crippen LogP contribution < -0.4 is 10.2 Å². The number of likely N-dealkylation sites (tertiary alicyclic amines) is 1. The molecule has 4 rings (SSSR count). The van der Waals surface area contributed by atoms with Crippen molar-refractivity contribution in [2.45, 2.75) is 43.5 Å². The fraction of sp³-hybridized carbons (Fsp3) is 0.440. The number of nitrogens with one attached hydrogen (secondary N) is 1. The number of amides is 2. The van der Waals surface area contributed by atoms with Gasteiger partial charge < -0.3 is 15.1 Å². The Bertz CT molecular complexity index is 1160. The number of carbonyl (C=O) groups is 2. The van der Waals surface area contributed by atoms with Crippen LogP contribution in [-0.4, -0.2) is 63.2 Å². The molecule has 0 radical (unpaired) electrons. The van der Waals surface area contributed by atoms with Crippen molar-refractivity contribution in [2.24, 2.45) is 0 Å². The number of rotatable bonds is 7. The summed E-state index contributed by atoms with van der Waals surface area (Å²) in [4.78, 5) is 28.7. The molecule has 2 aromatic rings. The van der Waals surface area contributed by atoms with Crippen molar-refractivity contribution < 1.29 is 18.0 Å². The monoisotopic (exact) mass is 484 g/mol. The van der Waals surface area contributed by atoms with E-state index in [0.717, 1.165) is 43.5 Å². The highest BCUT2D eigenvalue weighted by molar-refractivity contribution is 7.89. The maximum atomic E-state index is 13.2. The number of hydrogen-bond donors (Lipinski definition) is 1. The van der Waals surface area contributed by atoms with Gasteiger partial charge in [0.15, 0.2) is 0 Å². The molecule has 0 spiro atoms. The third-order valence-electron chi connectivity index (χ3n) is 6.41. The zero-order valence-corrected chi connectivity index (χ0v) is 20.6. The second kappa shape index (κ2) is 10.1. The number of piperidine rings is 1. The quantitative estimate of drug-likeness (QED) is 0.651. The van der Waals surface area contributed by atoms with Crippen molar-refractivity contribution in [3.8, 4) is 0 Å². The molecule has 9 heteroatoms. The van der Waals surface area contributed by atoms with Crippen molar-refractivity contribution in [1.29, 1.82) is 0 Å². The Kier molecular flexibility index (Phi) is 7.23. The first kappa shape index (κ1) is 24.2. The molecule has 2 saturated heterocycles. The number of nitrogens with zero attached hydrogens (tertiary/aromatic N) is 3. The van der Waals surface area contributed by atoms with Crippen LogP contribution in [0.2, 0.25) is 0 Å². The number of anilines is 2. The molecular weight excluding hydrogens is 452 g/mol. The summed E-state index contributed by atoms with van der Waals surface area (Å²) in [6.07, 6.45) is 4.25. The molecule has 8 nitrogen and oxygen atoms in total. The Morgan fingerprint density at radius 1 is 0.971 bits per heavy atom. The van der Waals surface area contributed by atoms with Gasteiger partial charge in [-0.05, 0) is 55.2 Å². The third kappa shape index (κ3) is 5.26. The summed E-state index contributed by atoms with van der Waals surface area (Å²) >= 11 is 0. The summed E-state index contributed by atoms with van der Waals surface area (Å²) < 4.78 is 27.8. The summed E-state index contributed by atoms with van der Waals surface area (Å²) in [6.45, 7) is 2.36.